The lowest BCUT2D eigenvalue weighted by Gasteiger charge is -2.10. The molecule has 0 bridgehead atoms. The van der Waals surface area contributed by atoms with Crippen molar-refractivity contribution in [3.63, 3.8) is 0 Å². The molecule has 166 valence electrons. The highest BCUT2D eigenvalue weighted by atomic mass is 16.7. The smallest absolute Gasteiger partial charge is 0.267 e. The number of rotatable bonds is 7. The maximum absolute atomic E-state index is 11.4. The Balaban J connectivity index is 1.51. The number of aryl methyl sites for hydroxylation is 2. The monoisotopic (exact) mass is 442 g/mol. The van der Waals surface area contributed by atoms with E-state index in [1.165, 1.54) is 11.6 Å². The SMILES string of the molecule is O=C(C=Cc1ccc2nc(CCc3ccccc3)c(Nc3ccc4c(c3)OCO4)n2c1)NO. The molecule has 0 radical (unpaired) electrons. The molecule has 3 N–H and O–H groups in total. The van der Waals surface area contributed by atoms with Crippen LogP contribution in [0.25, 0.3) is 11.7 Å². The minimum atomic E-state index is -0.594. The zero-order chi connectivity index (χ0) is 22.6. The van der Waals surface area contributed by atoms with Gasteiger partial charge in [0.15, 0.2) is 11.5 Å². The topological polar surface area (TPSA) is 97.1 Å². The summed E-state index contributed by atoms with van der Waals surface area (Å²) in [5.74, 6) is 1.65. The van der Waals surface area contributed by atoms with Crippen LogP contribution in [0.1, 0.15) is 16.8 Å². The Kier molecular flexibility index (Phi) is 5.65. The maximum atomic E-state index is 11.4. The summed E-state index contributed by atoms with van der Waals surface area (Å²) in [4.78, 5) is 16.2. The molecule has 1 aliphatic rings. The standard InChI is InChI=1S/C25H22N4O4/c30-24(28-31)13-8-18-7-12-23-27-20(10-6-17-4-2-1-3-5-17)25(29(23)15-18)26-19-9-11-21-22(14-19)33-16-32-21/h1-5,7-9,11-15,26,31H,6,10,16H2,(H,28,30). The number of carbonyl (C=O) groups is 1. The van der Waals surface area contributed by atoms with Crippen molar-refractivity contribution in [3.05, 3.63) is 89.8 Å². The summed E-state index contributed by atoms with van der Waals surface area (Å²) in [7, 11) is 0. The largest absolute Gasteiger partial charge is 0.454 e. The van der Waals surface area contributed by atoms with Gasteiger partial charge in [-0.3, -0.25) is 14.4 Å². The highest BCUT2D eigenvalue weighted by Crippen LogP contribution is 2.35. The Morgan fingerprint density at radius 1 is 1.06 bits per heavy atom. The van der Waals surface area contributed by atoms with Crippen LogP contribution in [0.5, 0.6) is 11.5 Å². The summed E-state index contributed by atoms with van der Waals surface area (Å²) < 4.78 is 12.9. The van der Waals surface area contributed by atoms with Gasteiger partial charge in [0.05, 0.1) is 5.69 Å². The Bertz CT molecular complexity index is 1330. The van der Waals surface area contributed by atoms with E-state index < -0.39 is 5.91 Å². The molecule has 3 heterocycles. The summed E-state index contributed by atoms with van der Waals surface area (Å²) in [6.07, 6.45) is 6.38. The van der Waals surface area contributed by atoms with Gasteiger partial charge in [-0.2, -0.15) is 0 Å². The van der Waals surface area contributed by atoms with Crippen LogP contribution in [-0.2, 0) is 17.6 Å². The summed E-state index contributed by atoms with van der Waals surface area (Å²) in [5, 5.41) is 12.2. The molecule has 0 saturated heterocycles. The van der Waals surface area contributed by atoms with Crippen molar-refractivity contribution in [1.29, 1.82) is 0 Å². The first kappa shape index (κ1) is 20.6. The second kappa shape index (κ2) is 9.05. The number of amides is 1. The third kappa shape index (κ3) is 4.51. The first-order valence-electron chi connectivity index (χ1n) is 10.5. The van der Waals surface area contributed by atoms with Gasteiger partial charge in [0.2, 0.25) is 6.79 Å². The third-order valence-electron chi connectivity index (χ3n) is 5.38. The van der Waals surface area contributed by atoms with Crippen LogP contribution in [0.15, 0.2) is 72.9 Å². The highest BCUT2D eigenvalue weighted by Gasteiger charge is 2.17. The predicted octanol–water partition coefficient (Wildman–Crippen LogP) is 4.11. The van der Waals surface area contributed by atoms with E-state index in [9.17, 15) is 4.79 Å². The molecule has 8 nitrogen and oxygen atoms in total. The molecule has 0 saturated carbocycles. The van der Waals surface area contributed by atoms with Crippen LogP contribution in [-0.4, -0.2) is 27.3 Å². The molecule has 33 heavy (non-hydrogen) atoms. The number of pyridine rings is 1. The average Bonchev–Trinajstić information content (AvgIpc) is 3.46. The molecule has 0 spiro atoms. The van der Waals surface area contributed by atoms with Crippen molar-refractivity contribution < 1.29 is 19.5 Å². The van der Waals surface area contributed by atoms with E-state index >= 15 is 0 Å². The number of carbonyl (C=O) groups excluding carboxylic acids is 1. The van der Waals surface area contributed by atoms with E-state index in [4.69, 9.17) is 19.7 Å². The van der Waals surface area contributed by atoms with Gasteiger partial charge in [0.25, 0.3) is 5.91 Å². The minimum Gasteiger partial charge on any atom is -0.454 e. The lowest BCUT2D eigenvalue weighted by atomic mass is 10.1. The van der Waals surface area contributed by atoms with Gasteiger partial charge in [0.1, 0.15) is 11.5 Å². The van der Waals surface area contributed by atoms with E-state index in [1.807, 2.05) is 59.1 Å². The molecule has 4 aromatic rings. The summed E-state index contributed by atoms with van der Waals surface area (Å²) in [5.41, 5.74) is 6.17. The second-order valence-corrected chi connectivity index (χ2v) is 7.59. The van der Waals surface area contributed by atoms with Gasteiger partial charge >= 0.3 is 0 Å². The fraction of sp³-hybridized carbons (Fsp3) is 0.120. The molecule has 5 rings (SSSR count). The van der Waals surface area contributed by atoms with Crippen molar-refractivity contribution in [2.45, 2.75) is 12.8 Å². The minimum absolute atomic E-state index is 0.216. The van der Waals surface area contributed by atoms with E-state index in [-0.39, 0.29) is 6.79 Å². The highest BCUT2D eigenvalue weighted by molar-refractivity contribution is 5.90. The summed E-state index contributed by atoms with van der Waals surface area (Å²) in [6, 6.07) is 19.8. The van der Waals surface area contributed by atoms with Crippen LogP contribution in [0, 0.1) is 0 Å². The molecular weight excluding hydrogens is 420 g/mol. The number of ether oxygens (including phenoxy) is 2. The van der Waals surface area contributed by atoms with Crippen molar-refractivity contribution in [2.75, 3.05) is 12.1 Å². The van der Waals surface area contributed by atoms with Crippen LogP contribution in [0.2, 0.25) is 0 Å². The number of aromatic nitrogens is 2. The quantitative estimate of drug-likeness (QED) is 0.226. The van der Waals surface area contributed by atoms with Gasteiger partial charge in [0, 0.05) is 24.0 Å². The predicted molar refractivity (Wildman–Crippen MR) is 124 cm³/mol. The zero-order valence-electron chi connectivity index (χ0n) is 17.7. The van der Waals surface area contributed by atoms with Gasteiger partial charge in [-0.05, 0) is 54.3 Å². The number of benzene rings is 2. The van der Waals surface area contributed by atoms with Gasteiger partial charge in [-0.1, -0.05) is 30.3 Å². The Morgan fingerprint density at radius 3 is 2.76 bits per heavy atom. The number of hydrogen-bond acceptors (Lipinski definition) is 6. The van der Waals surface area contributed by atoms with Crippen molar-refractivity contribution in [3.8, 4) is 11.5 Å². The number of hydroxylamine groups is 1. The van der Waals surface area contributed by atoms with Crippen LogP contribution >= 0.6 is 0 Å². The van der Waals surface area contributed by atoms with E-state index in [2.05, 4.69) is 17.4 Å². The van der Waals surface area contributed by atoms with Crippen LogP contribution in [0.3, 0.4) is 0 Å². The Labute approximate surface area is 190 Å². The number of nitrogens with zero attached hydrogens (tertiary/aromatic N) is 2. The molecule has 0 atom stereocenters. The molecule has 2 aromatic heterocycles. The summed E-state index contributed by atoms with van der Waals surface area (Å²) >= 11 is 0. The Morgan fingerprint density at radius 2 is 1.91 bits per heavy atom. The molecule has 0 unspecified atom stereocenters. The van der Waals surface area contributed by atoms with Crippen molar-refractivity contribution in [1.82, 2.24) is 14.9 Å². The zero-order valence-corrected chi connectivity index (χ0v) is 17.7. The molecule has 0 fully saturated rings. The lowest BCUT2D eigenvalue weighted by Crippen LogP contribution is -2.14. The molecule has 2 aromatic carbocycles. The average molecular weight is 442 g/mol. The van der Waals surface area contributed by atoms with Crippen molar-refractivity contribution >= 4 is 29.1 Å². The molecular formula is C25H22N4O4. The van der Waals surface area contributed by atoms with E-state index in [1.54, 1.807) is 11.6 Å². The van der Waals surface area contributed by atoms with Gasteiger partial charge in [-0.15, -0.1) is 0 Å². The first-order chi connectivity index (χ1) is 16.2. The Hall–Kier alpha value is -4.30. The van der Waals surface area contributed by atoms with Crippen LogP contribution < -0.4 is 20.3 Å². The number of imidazole rings is 1. The second-order valence-electron chi connectivity index (χ2n) is 7.59. The van der Waals surface area contributed by atoms with Gasteiger partial charge in [-0.25, -0.2) is 10.5 Å². The normalized spacial score (nSPS) is 12.4. The third-order valence-corrected chi connectivity index (χ3v) is 5.38. The fourth-order valence-corrected chi connectivity index (χ4v) is 3.74. The molecule has 0 aliphatic carbocycles. The first-order valence-corrected chi connectivity index (χ1v) is 10.5. The van der Waals surface area contributed by atoms with E-state index in [0.717, 1.165) is 47.0 Å². The van der Waals surface area contributed by atoms with Crippen molar-refractivity contribution in [2.24, 2.45) is 0 Å². The lowest BCUT2D eigenvalue weighted by molar-refractivity contribution is -0.124. The van der Waals surface area contributed by atoms with Gasteiger partial charge < -0.3 is 14.8 Å². The molecule has 1 aliphatic heterocycles. The number of nitrogens with one attached hydrogen (secondary N) is 2. The molecule has 1 amide bonds. The maximum Gasteiger partial charge on any atom is 0.267 e. The number of anilines is 2. The van der Waals surface area contributed by atoms with E-state index in [0.29, 0.717) is 5.75 Å². The molecule has 8 heteroatoms. The number of fused-ring (bicyclic) bond motifs is 2. The number of hydrogen-bond donors (Lipinski definition) is 3. The fourth-order valence-electron chi connectivity index (χ4n) is 3.74. The van der Waals surface area contributed by atoms with Crippen LogP contribution in [0.4, 0.5) is 11.5 Å². The summed E-state index contributed by atoms with van der Waals surface area (Å²) in [6.45, 7) is 0.216.